The van der Waals surface area contributed by atoms with E-state index in [1.54, 1.807) is 12.1 Å². The summed E-state index contributed by atoms with van der Waals surface area (Å²) < 4.78 is 0. The molecular weight excluding hydrogens is 246 g/mol. The number of nitro benzene ring substituents is 1. The molecule has 1 aromatic rings. The van der Waals surface area contributed by atoms with Crippen LogP contribution in [0.25, 0.3) is 0 Å². The SMILES string of the molecule is C=CCC(C)Nc1cc2c(cc1[N+](=O)[O-])CC(=O)N2. The first-order chi connectivity index (χ1) is 9.01. The van der Waals surface area contributed by atoms with Gasteiger partial charge in [0.05, 0.1) is 11.3 Å². The largest absolute Gasteiger partial charge is 0.377 e. The van der Waals surface area contributed by atoms with Crippen LogP contribution >= 0.6 is 0 Å². The summed E-state index contributed by atoms with van der Waals surface area (Å²) in [5.41, 5.74) is 1.72. The average molecular weight is 261 g/mol. The van der Waals surface area contributed by atoms with Crippen molar-refractivity contribution in [2.45, 2.75) is 25.8 Å². The molecule has 100 valence electrons. The molecule has 1 amide bonds. The van der Waals surface area contributed by atoms with Crippen LogP contribution in [0.3, 0.4) is 0 Å². The first kappa shape index (κ1) is 13.1. The van der Waals surface area contributed by atoms with Crippen molar-refractivity contribution in [3.8, 4) is 0 Å². The van der Waals surface area contributed by atoms with Gasteiger partial charge in [-0.3, -0.25) is 14.9 Å². The van der Waals surface area contributed by atoms with Crippen molar-refractivity contribution in [1.29, 1.82) is 0 Å². The molecule has 0 fully saturated rings. The summed E-state index contributed by atoms with van der Waals surface area (Å²) in [7, 11) is 0. The Kier molecular flexibility index (Phi) is 3.50. The Morgan fingerprint density at radius 2 is 2.37 bits per heavy atom. The normalized spacial score (nSPS) is 14.5. The fourth-order valence-corrected chi connectivity index (χ4v) is 2.10. The van der Waals surface area contributed by atoms with Crippen LogP contribution in [-0.4, -0.2) is 16.9 Å². The van der Waals surface area contributed by atoms with E-state index in [1.165, 1.54) is 6.07 Å². The second-order valence-corrected chi connectivity index (χ2v) is 4.58. The molecule has 1 unspecified atom stereocenters. The van der Waals surface area contributed by atoms with E-state index in [-0.39, 0.29) is 24.1 Å². The molecule has 1 atom stereocenters. The molecule has 6 nitrogen and oxygen atoms in total. The fourth-order valence-electron chi connectivity index (χ4n) is 2.10. The van der Waals surface area contributed by atoms with Crippen LogP contribution in [0.5, 0.6) is 0 Å². The Labute approximate surface area is 110 Å². The van der Waals surface area contributed by atoms with Gasteiger partial charge < -0.3 is 10.6 Å². The third kappa shape index (κ3) is 2.73. The average Bonchev–Trinajstić information content (AvgIpc) is 2.67. The lowest BCUT2D eigenvalue weighted by Crippen LogP contribution is -2.15. The Balaban J connectivity index is 2.36. The predicted octanol–water partition coefficient (Wildman–Crippen LogP) is 2.47. The smallest absolute Gasteiger partial charge is 0.292 e. The molecule has 0 spiro atoms. The van der Waals surface area contributed by atoms with Gasteiger partial charge in [0, 0.05) is 17.8 Å². The molecule has 0 radical (unpaired) electrons. The van der Waals surface area contributed by atoms with Crippen LogP contribution in [0, 0.1) is 10.1 Å². The zero-order chi connectivity index (χ0) is 14.0. The minimum absolute atomic E-state index is 0.00818. The molecule has 1 aromatic carbocycles. The molecule has 0 saturated heterocycles. The van der Waals surface area contributed by atoms with Gasteiger partial charge in [-0.15, -0.1) is 6.58 Å². The first-order valence-electron chi connectivity index (χ1n) is 6.00. The summed E-state index contributed by atoms with van der Waals surface area (Å²) in [4.78, 5) is 21.9. The van der Waals surface area contributed by atoms with E-state index in [0.717, 1.165) is 0 Å². The molecule has 1 heterocycles. The van der Waals surface area contributed by atoms with E-state index in [1.807, 2.05) is 6.92 Å². The van der Waals surface area contributed by atoms with Gasteiger partial charge >= 0.3 is 0 Å². The predicted molar refractivity (Wildman–Crippen MR) is 73.3 cm³/mol. The number of nitro groups is 1. The molecule has 0 aromatic heterocycles. The lowest BCUT2D eigenvalue weighted by Gasteiger charge is -2.14. The van der Waals surface area contributed by atoms with Crippen LogP contribution in [0.2, 0.25) is 0 Å². The first-order valence-corrected chi connectivity index (χ1v) is 6.00. The molecule has 0 saturated carbocycles. The van der Waals surface area contributed by atoms with Crippen LogP contribution in [-0.2, 0) is 11.2 Å². The number of hydrogen-bond donors (Lipinski definition) is 2. The monoisotopic (exact) mass is 261 g/mol. The summed E-state index contributed by atoms with van der Waals surface area (Å²) >= 11 is 0. The van der Waals surface area contributed by atoms with Crippen molar-refractivity contribution in [3.05, 3.63) is 40.5 Å². The number of amides is 1. The van der Waals surface area contributed by atoms with Crippen molar-refractivity contribution in [3.63, 3.8) is 0 Å². The summed E-state index contributed by atoms with van der Waals surface area (Å²) in [6.07, 6.45) is 2.64. The summed E-state index contributed by atoms with van der Waals surface area (Å²) in [5, 5.41) is 16.8. The van der Waals surface area contributed by atoms with Crippen molar-refractivity contribution in [2.75, 3.05) is 10.6 Å². The van der Waals surface area contributed by atoms with Crippen LogP contribution in [0.15, 0.2) is 24.8 Å². The number of carbonyl (C=O) groups is 1. The maximum atomic E-state index is 11.3. The lowest BCUT2D eigenvalue weighted by atomic mass is 10.1. The number of hydrogen-bond acceptors (Lipinski definition) is 4. The summed E-state index contributed by atoms with van der Waals surface area (Å²) in [5.74, 6) is -0.138. The highest BCUT2D eigenvalue weighted by Gasteiger charge is 2.24. The van der Waals surface area contributed by atoms with Crippen LogP contribution in [0.4, 0.5) is 17.1 Å². The summed E-state index contributed by atoms with van der Waals surface area (Å²) in [6.45, 7) is 5.55. The van der Waals surface area contributed by atoms with E-state index in [0.29, 0.717) is 23.4 Å². The van der Waals surface area contributed by atoms with Crippen LogP contribution < -0.4 is 10.6 Å². The van der Waals surface area contributed by atoms with E-state index in [9.17, 15) is 14.9 Å². The second-order valence-electron chi connectivity index (χ2n) is 4.58. The second kappa shape index (κ2) is 5.09. The summed E-state index contributed by atoms with van der Waals surface area (Å²) in [6, 6.07) is 3.11. The highest BCUT2D eigenvalue weighted by Crippen LogP contribution is 2.34. The lowest BCUT2D eigenvalue weighted by molar-refractivity contribution is -0.384. The Morgan fingerprint density at radius 3 is 3.00 bits per heavy atom. The molecule has 2 N–H and O–H groups in total. The van der Waals surface area contributed by atoms with E-state index in [2.05, 4.69) is 17.2 Å². The van der Waals surface area contributed by atoms with Crippen LogP contribution in [0.1, 0.15) is 18.9 Å². The van der Waals surface area contributed by atoms with E-state index in [4.69, 9.17) is 0 Å². The molecule has 19 heavy (non-hydrogen) atoms. The van der Waals surface area contributed by atoms with Crippen molar-refractivity contribution >= 4 is 23.0 Å². The third-order valence-electron chi connectivity index (χ3n) is 2.97. The number of nitrogens with one attached hydrogen (secondary N) is 2. The van der Waals surface area contributed by atoms with Gasteiger partial charge in [0.2, 0.25) is 5.91 Å². The van der Waals surface area contributed by atoms with Gasteiger partial charge in [0.1, 0.15) is 5.69 Å². The molecule has 1 aliphatic rings. The van der Waals surface area contributed by atoms with Gasteiger partial charge in [-0.1, -0.05) is 6.08 Å². The zero-order valence-corrected chi connectivity index (χ0v) is 10.6. The minimum atomic E-state index is -0.438. The van der Waals surface area contributed by atoms with Crippen molar-refractivity contribution in [1.82, 2.24) is 0 Å². The molecular formula is C13H15N3O3. The highest BCUT2D eigenvalue weighted by molar-refractivity contribution is 6.00. The molecule has 0 aliphatic carbocycles. The molecule has 0 bridgehead atoms. The van der Waals surface area contributed by atoms with Gasteiger partial charge in [0.25, 0.3) is 5.69 Å². The maximum Gasteiger partial charge on any atom is 0.292 e. The third-order valence-corrected chi connectivity index (χ3v) is 2.97. The maximum absolute atomic E-state index is 11.3. The van der Waals surface area contributed by atoms with Gasteiger partial charge in [-0.25, -0.2) is 0 Å². The number of anilines is 2. The molecule has 6 heteroatoms. The Morgan fingerprint density at radius 1 is 1.63 bits per heavy atom. The van der Waals surface area contributed by atoms with E-state index < -0.39 is 4.92 Å². The Hall–Kier alpha value is -2.37. The number of rotatable bonds is 5. The minimum Gasteiger partial charge on any atom is -0.377 e. The number of fused-ring (bicyclic) bond motifs is 1. The zero-order valence-electron chi connectivity index (χ0n) is 10.6. The van der Waals surface area contributed by atoms with Gasteiger partial charge in [0.15, 0.2) is 0 Å². The van der Waals surface area contributed by atoms with Gasteiger partial charge in [-0.2, -0.15) is 0 Å². The van der Waals surface area contributed by atoms with Gasteiger partial charge in [-0.05, 0) is 25.0 Å². The van der Waals surface area contributed by atoms with Crippen molar-refractivity contribution < 1.29 is 9.72 Å². The topological polar surface area (TPSA) is 84.3 Å². The van der Waals surface area contributed by atoms with E-state index >= 15 is 0 Å². The number of carbonyl (C=O) groups excluding carboxylic acids is 1. The molecule has 2 rings (SSSR count). The number of benzene rings is 1. The standard InChI is InChI=1S/C13H15N3O3/c1-3-4-8(2)14-11-7-10-9(6-13(17)15-10)5-12(11)16(18)19/h3,5,7-8,14H,1,4,6H2,2H3,(H,15,17). The van der Waals surface area contributed by atoms with Crippen molar-refractivity contribution in [2.24, 2.45) is 0 Å². The number of nitrogens with zero attached hydrogens (tertiary/aromatic N) is 1. The highest BCUT2D eigenvalue weighted by atomic mass is 16.6. The quantitative estimate of drug-likeness (QED) is 0.484. The Bertz CT molecular complexity index is 554. The molecule has 1 aliphatic heterocycles. The fraction of sp³-hybridized carbons (Fsp3) is 0.308.